The summed E-state index contributed by atoms with van der Waals surface area (Å²) in [6.45, 7) is 8.34. The highest BCUT2D eigenvalue weighted by atomic mass is 16.4. The summed E-state index contributed by atoms with van der Waals surface area (Å²) in [7, 11) is 0. The number of carboxylic acid groups (broad SMARTS) is 1. The molecule has 2 N–H and O–H groups in total. The van der Waals surface area contributed by atoms with E-state index >= 15 is 0 Å². The smallest absolute Gasteiger partial charge is 0.336 e. The maximum Gasteiger partial charge on any atom is 0.336 e. The molecule has 1 aliphatic heterocycles. The molecule has 0 atom stereocenters. The van der Waals surface area contributed by atoms with Gasteiger partial charge in [0.15, 0.2) is 0 Å². The van der Waals surface area contributed by atoms with Crippen LogP contribution in [0.25, 0.3) is 10.9 Å². The number of carbonyl (C=O) groups is 1. The van der Waals surface area contributed by atoms with Crippen molar-refractivity contribution in [3.05, 3.63) is 35.5 Å². The van der Waals surface area contributed by atoms with Crippen LogP contribution in [0.1, 0.15) is 35.7 Å². The van der Waals surface area contributed by atoms with Crippen molar-refractivity contribution in [3.8, 4) is 0 Å². The molecule has 1 aromatic heterocycles. The molecule has 5 nitrogen and oxygen atoms in total. The summed E-state index contributed by atoms with van der Waals surface area (Å²) in [5, 5.41) is 13.9. The average Bonchev–Trinajstić information content (AvgIpc) is 2.97. The summed E-state index contributed by atoms with van der Waals surface area (Å²) in [6, 6.07) is 5.63. The van der Waals surface area contributed by atoms with Crippen LogP contribution in [0.4, 0.5) is 0 Å². The van der Waals surface area contributed by atoms with Gasteiger partial charge in [-0.3, -0.25) is 0 Å². The average molecular weight is 329 g/mol. The number of benzene rings is 1. The summed E-state index contributed by atoms with van der Waals surface area (Å²) >= 11 is 0. The van der Waals surface area contributed by atoms with Crippen LogP contribution in [0.15, 0.2) is 24.4 Å². The first-order valence-electron chi connectivity index (χ1n) is 8.97. The van der Waals surface area contributed by atoms with Crippen molar-refractivity contribution in [1.82, 2.24) is 14.8 Å². The van der Waals surface area contributed by atoms with Gasteiger partial charge in [0.05, 0.1) is 5.56 Å². The van der Waals surface area contributed by atoms with Crippen LogP contribution in [0.3, 0.4) is 0 Å². The lowest BCUT2D eigenvalue weighted by Gasteiger charge is -2.27. The van der Waals surface area contributed by atoms with Crippen LogP contribution >= 0.6 is 0 Å². The molecule has 24 heavy (non-hydrogen) atoms. The van der Waals surface area contributed by atoms with Gasteiger partial charge in [0.1, 0.15) is 0 Å². The largest absolute Gasteiger partial charge is 0.478 e. The highest BCUT2D eigenvalue weighted by Crippen LogP contribution is 2.26. The number of fused-ring (bicyclic) bond motifs is 1. The first-order chi connectivity index (χ1) is 11.7. The summed E-state index contributed by atoms with van der Waals surface area (Å²) in [5.41, 5.74) is 2.65. The molecule has 0 radical (unpaired) electrons. The molecule has 1 aliphatic rings. The van der Waals surface area contributed by atoms with Gasteiger partial charge in [-0.2, -0.15) is 0 Å². The Balaban J connectivity index is 1.90. The van der Waals surface area contributed by atoms with Crippen molar-refractivity contribution < 1.29 is 9.90 Å². The highest BCUT2D eigenvalue weighted by molar-refractivity contribution is 6.04. The Bertz CT molecular complexity index is 702. The van der Waals surface area contributed by atoms with E-state index in [1.165, 1.54) is 0 Å². The number of unbranched alkanes of at least 4 members (excludes halogenated alkanes) is 1. The van der Waals surface area contributed by atoms with Gasteiger partial charge in [-0.15, -0.1) is 0 Å². The van der Waals surface area contributed by atoms with Crippen LogP contribution < -0.4 is 5.32 Å². The molecule has 2 heterocycles. The van der Waals surface area contributed by atoms with E-state index in [0.29, 0.717) is 5.56 Å². The molecular formula is C19H27N3O2. The molecule has 1 aromatic carbocycles. The molecule has 1 fully saturated rings. The predicted molar refractivity (Wildman–Crippen MR) is 96.8 cm³/mol. The third-order valence-electron chi connectivity index (χ3n) is 4.87. The van der Waals surface area contributed by atoms with E-state index in [4.69, 9.17) is 0 Å². The Morgan fingerprint density at radius 2 is 2.04 bits per heavy atom. The van der Waals surface area contributed by atoms with Gasteiger partial charge in [-0.1, -0.05) is 19.4 Å². The zero-order valence-electron chi connectivity index (χ0n) is 14.4. The molecule has 3 rings (SSSR count). The van der Waals surface area contributed by atoms with Crippen molar-refractivity contribution in [2.75, 3.05) is 32.7 Å². The number of nitrogens with one attached hydrogen (secondary N) is 1. The van der Waals surface area contributed by atoms with E-state index in [1.54, 1.807) is 6.07 Å². The van der Waals surface area contributed by atoms with Gasteiger partial charge in [0.25, 0.3) is 0 Å². The van der Waals surface area contributed by atoms with Crippen LogP contribution in [-0.2, 0) is 13.0 Å². The summed E-state index contributed by atoms with van der Waals surface area (Å²) < 4.78 is 2.23. The monoisotopic (exact) mass is 329 g/mol. The number of hydrogen-bond donors (Lipinski definition) is 2. The van der Waals surface area contributed by atoms with E-state index in [2.05, 4.69) is 27.9 Å². The number of nitrogens with zero attached hydrogens (tertiary/aromatic N) is 2. The van der Waals surface area contributed by atoms with Crippen molar-refractivity contribution >= 4 is 16.9 Å². The molecule has 0 unspecified atom stereocenters. The van der Waals surface area contributed by atoms with E-state index in [-0.39, 0.29) is 0 Å². The van der Waals surface area contributed by atoms with Crippen LogP contribution in [0, 0.1) is 0 Å². The molecule has 0 bridgehead atoms. The maximum absolute atomic E-state index is 11.7. The van der Waals surface area contributed by atoms with Crippen molar-refractivity contribution in [3.63, 3.8) is 0 Å². The third-order valence-corrected chi connectivity index (χ3v) is 4.87. The fourth-order valence-corrected chi connectivity index (χ4v) is 3.53. The Kier molecular flexibility index (Phi) is 5.53. The van der Waals surface area contributed by atoms with Crippen molar-refractivity contribution in [1.29, 1.82) is 0 Å². The minimum absolute atomic E-state index is 0.429. The van der Waals surface area contributed by atoms with E-state index < -0.39 is 5.97 Å². The Hall–Kier alpha value is -1.85. The topological polar surface area (TPSA) is 57.5 Å². The predicted octanol–water partition coefficient (Wildman–Crippen LogP) is 2.59. The Labute approximate surface area is 143 Å². The van der Waals surface area contributed by atoms with Crippen LogP contribution in [0.2, 0.25) is 0 Å². The molecule has 130 valence electrons. The van der Waals surface area contributed by atoms with E-state index in [1.807, 2.05) is 12.1 Å². The molecule has 0 aliphatic carbocycles. The minimum atomic E-state index is -0.836. The minimum Gasteiger partial charge on any atom is -0.478 e. The van der Waals surface area contributed by atoms with Crippen molar-refractivity contribution in [2.24, 2.45) is 0 Å². The van der Waals surface area contributed by atoms with Gasteiger partial charge in [-0.25, -0.2) is 4.79 Å². The van der Waals surface area contributed by atoms with Crippen LogP contribution in [0.5, 0.6) is 0 Å². The summed E-state index contributed by atoms with van der Waals surface area (Å²) in [5.74, 6) is -0.836. The number of aromatic carboxylic acids is 1. The van der Waals surface area contributed by atoms with E-state index in [0.717, 1.165) is 75.0 Å². The molecule has 5 heteroatoms. The molecular weight excluding hydrogens is 302 g/mol. The third kappa shape index (κ3) is 3.62. The molecule has 0 spiro atoms. The first-order valence-corrected chi connectivity index (χ1v) is 8.97. The normalized spacial score (nSPS) is 15.9. The second kappa shape index (κ2) is 7.81. The standard InChI is InChI=1S/C19H27N3O2/c1-2-3-10-22-14-15(7-11-21-12-8-20-9-13-21)18-16(19(23)24)5-4-6-17(18)22/h4-6,14,20H,2-3,7-13H2,1H3,(H,23,24). The number of piperazine rings is 1. The number of rotatable bonds is 7. The van der Waals surface area contributed by atoms with Gasteiger partial charge in [0, 0.05) is 56.4 Å². The maximum atomic E-state index is 11.7. The van der Waals surface area contributed by atoms with E-state index in [9.17, 15) is 9.90 Å². The van der Waals surface area contributed by atoms with Gasteiger partial charge in [0.2, 0.25) is 0 Å². The first kappa shape index (κ1) is 17.0. The molecule has 2 aromatic rings. The fourth-order valence-electron chi connectivity index (χ4n) is 3.53. The SMILES string of the molecule is CCCCn1cc(CCN2CCNCC2)c2c(C(=O)O)cccc21. The summed E-state index contributed by atoms with van der Waals surface area (Å²) in [6.07, 6.45) is 5.32. The molecule has 0 saturated carbocycles. The van der Waals surface area contributed by atoms with Crippen molar-refractivity contribution in [2.45, 2.75) is 32.7 Å². The quantitative estimate of drug-likeness (QED) is 0.820. The zero-order valence-corrected chi connectivity index (χ0v) is 14.4. The Morgan fingerprint density at radius 1 is 1.25 bits per heavy atom. The lowest BCUT2D eigenvalue weighted by Crippen LogP contribution is -2.44. The number of aromatic nitrogens is 1. The second-order valence-electron chi connectivity index (χ2n) is 6.55. The van der Waals surface area contributed by atoms with Crippen LogP contribution in [-0.4, -0.2) is 53.3 Å². The number of hydrogen-bond acceptors (Lipinski definition) is 3. The van der Waals surface area contributed by atoms with Gasteiger partial charge in [-0.05, 0) is 30.5 Å². The number of carboxylic acids is 1. The fraction of sp³-hybridized carbons (Fsp3) is 0.526. The summed E-state index contributed by atoms with van der Waals surface area (Å²) in [4.78, 5) is 14.1. The lowest BCUT2D eigenvalue weighted by atomic mass is 10.0. The lowest BCUT2D eigenvalue weighted by molar-refractivity contribution is 0.0699. The zero-order chi connectivity index (χ0) is 16.9. The Morgan fingerprint density at radius 3 is 2.75 bits per heavy atom. The second-order valence-corrected chi connectivity index (χ2v) is 6.55. The molecule has 1 saturated heterocycles. The highest BCUT2D eigenvalue weighted by Gasteiger charge is 2.17. The van der Waals surface area contributed by atoms with Gasteiger partial charge >= 0.3 is 5.97 Å². The van der Waals surface area contributed by atoms with Gasteiger partial charge < -0.3 is 19.9 Å². The number of aryl methyl sites for hydroxylation is 1. The molecule has 0 amide bonds.